The van der Waals surface area contributed by atoms with Crippen molar-refractivity contribution >= 4 is 0 Å². The molecule has 110 valence electrons. The van der Waals surface area contributed by atoms with E-state index in [9.17, 15) is 13.2 Å². The Morgan fingerprint density at radius 1 is 1.00 bits per heavy atom. The third kappa shape index (κ3) is 8.75. The van der Waals surface area contributed by atoms with Gasteiger partial charge in [-0.15, -0.1) is 0 Å². The minimum Gasteiger partial charge on any atom is -0.314 e. The van der Waals surface area contributed by atoms with Crippen molar-refractivity contribution in [1.29, 1.82) is 0 Å². The van der Waals surface area contributed by atoms with E-state index in [1.165, 1.54) is 4.90 Å². The molecule has 0 aliphatic rings. The molecule has 0 radical (unpaired) electrons. The molecule has 0 spiro atoms. The zero-order chi connectivity index (χ0) is 14.6. The molecule has 0 aromatic rings. The minimum absolute atomic E-state index is 0.107. The third-order valence-electron chi connectivity index (χ3n) is 2.73. The van der Waals surface area contributed by atoms with E-state index in [0.29, 0.717) is 19.1 Å². The molecule has 0 amide bonds. The largest absolute Gasteiger partial charge is 0.401 e. The van der Waals surface area contributed by atoms with Crippen LogP contribution >= 0.6 is 0 Å². The van der Waals surface area contributed by atoms with Gasteiger partial charge in [-0.1, -0.05) is 27.7 Å². The molecule has 0 atom stereocenters. The summed E-state index contributed by atoms with van der Waals surface area (Å²) in [6.45, 7) is 12.0. The Bertz CT molecular complexity index is 235. The predicted molar refractivity (Wildman–Crippen MR) is 69.7 cm³/mol. The Morgan fingerprint density at radius 3 is 1.83 bits per heavy atom. The molecule has 18 heavy (non-hydrogen) atoms. The van der Waals surface area contributed by atoms with Crippen molar-refractivity contribution in [1.82, 2.24) is 10.2 Å². The van der Waals surface area contributed by atoms with Crippen LogP contribution in [0.1, 0.15) is 41.5 Å². The quantitative estimate of drug-likeness (QED) is 0.762. The Kier molecular flexibility index (Phi) is 6.65. The highest BCUT2D eigenvalue weighted by atomic mass is 19.4. The number of hydrogen-bond acceptors (Lipinski definition) is 2. The lowest BCUT2D eigenvalue weighted by Crippen LogP contribution is -2.47. The Labute approximate surface area is 109 Å². The van der Waals surface area contributed by atoms with Gasteiger partial charge in [-0.25, -0.2) is 0 Å². The van der Waals surface area contributed by atoms with E-state index in [-0.39, 0.29) is 11.5 Å². The van der Waals surface area contributed by atoms with Crippen molar-refractivity contribution in [2.24, 2.45) is 5.41 Å². The van der Waals surface area contributed by atoms with E-state index < -0.39 is 12.7 Å². The average molecular weight is 268 g/mol. The van der Waals surface area contributed by atoms with Crippen LogP contribution in [0.4, 0.5) is 13.2 Å². The number of rotatable bonds is 7. The first-order valence-electron chi connectivity index (χ1n) is 6.47. The van der Waals surface area contributed by atoms with E-state index in [4.69, 9.17) is 0 Å². The number of alkyl halides is 3. The first-order chi connectivity index (χ1) is 7.93. The first kappa shape index (κ1) is 17.7. The molecular formula is C13H27F3N2. The SMILES string of the molecule is CC(C)NCC(C)(C)CN(CC(F)(F)F)C(C)C. The molecule has 5 heteroatoms. The summed E-state index contributed by atoms with van der Waals surface area (Å²) in [4.78, 5) is 1.49. The van der Waals surface area contributed by atoms with Crippen molar-refractivity contribution in [2.45, 2.75) is 59.8 Å². The second kappa shape index (κ2) is 6.75. The van der Waals surface area contributed by atoms with Crippen LogP contribution in [0.15, 0.2) is 0 Å². The number of hydrogen-bond donors (Lipinski definition) is 1. The highest BCUT2D eigenvalue weighted by Crippen LogP contribution is 2.23. The van der Waals surface area contributed by atoms with Gasteiger partial charge in [0.25, 0.3) is 0 Å². The molecule has 0 aliphatic heterocycles. The molecule has 0 saturated carbocycles. The molecule has 2 nitrogen and oxygen atoms in total. The lowest BCUT2D eigenvalue weighted by Gasteiger charge is -2.36. The van der Waals surface area contributed by atoms with Gasteiger partial charge in [-0.3, -0.25) is 4.90 Å². The summed E-state index contributed by atoms with van der Waals surface area (Å²) >= 11 is 0. The molecule has 0 aromatic heterocycles. The topological polar surface area (TPSA) is 15.3 Å². The zero-order valence-electron chi connectivity index (χ0n) is 12.4. The van der Waals surface area contributed by atoms with Crippen LogP contribution in [-0.4, -0.2) is 42.8 Å². The maximum Gasteiger partial charge on any atom is 0.401 e. The van der Waals surface area contributed by atoms with Gasteiger partial charge in [0.2, 0.25) is 0 Å². The summed E-state index contributed by atoms with van der Waals surface area (Å²) in [5, 5.41) is 3.28. The second-order valence-electron chi connectivity index (χ2n) is 6.31. The Balaban J connectivity index is 4.47. The van der Waals surface area contributed by atoms with Crippen LogP contribution in [0, 0.1) is 5.41 Å². The van der Waals surface area contributed by atoms with Crippen molar-refractivity contribution in [3.05, 3.63) is 0 Å². The molecule has 0 heterocycles. The highest BCUT2D eigenvalue weighted by molar-refractivity contribution is 4.80. The van der Waals surface area contributed by atoms with Gasteiger partial charge < -0.3 is 5.32 Å². The Hall–Kier alpha value is -0.290. The van der Waals surface area contributed by atoms with E-state index in [1.54, 1.807) is 13.8 Å². The van der Waals surface area contributed by atoms with Crippen LogP contribution in [-0.2, 0) is 0 Å². The summed E-state index contributed by atoms with van der Waals surface area (Å²) in [6.07, 6.45) is -4.13. The van der Waals surface area contributed by atoms with Gasteiger partial charge >= 0.3 is 6.18 Å². The molecule has 0 aliphatic carbocycles. The fourth-order valence-corrected chi connectivity index (χ4v) is 1.74. The summed E-state index contributed by atoms with van der Waals surface area (Å²) in [6, 6.07) is 0.240. The van der Waals surface area contributed by atoms with Crippen LogP contribution in [0.3, 0.4) is 0 Å². The van der Waals surface area contributed by atoms with Crippen molar-refractivity contribution in [3.63, 3.8) is 0 Å². The van der Waals surface area contributed by atoms with E-state index in [2.05, 4.69) is 5.32 Å². The summed E-state index contributed by atoms with van der Waals surface area (Å²) < 4.78 is 37.5. The van der Waals surface area contributed by atoms with Gasteiger partial charge in [0.15, 0.2) is 0 Å². The number of nitrogens with one attached hydrogen (secondary N) is 1. The van der Waals surface area contributed by atoms with Gasteiger partial charge in [-0.2, -0.15) is 13.2 Å². The summed E-state index contributed by atoms with van der Waals surface area (Å²) in [7, 11) is 0. The highest BCUT2D eigenvalue weighted by Gasteiger charge is 2.34. The molecule has 0 bridgehead atoms. The monoisotopic (exact) mass is 268 g/mol. The van der Waals surface area contributed by atoms with Gasteiger partial charge in [0.1, 0.15) is 0 Å². The fraction of sp³-hybridized carbons (Fsp3) is 1.00. The maximum atomic E-state index is 12.5. The molecule has 0 unspecified atom stereocenters. The first-order valence-corrected chi connectivity index (χ1v) is 6.47. The molecule has 0 fully saturated rings. The second-order valence-corrected chi connectivity index (χ2v) is 6.31. The minimum atomic E-state index is -4.13. The molecule has 1 N–H and O–H groups in total. The van der Waals surface area contributed by atoms with Crippen molar-refractivity contribution in [3.8, 4) is 0 Å². The average Bonchev–Trinajstić information content (AvgIpc) is 2.11. The van der Waals surface area contributed by atoms with E-state index in [1.807, 2.05) is 27.7 Å². The van der Waals surface area contributed by atoms with Crippen LogP contribution in [0.2, 0.25) is 0 Å². The van der Waals surface area contributed by atoms with Crippen molar-refractivity contribution < 1.29 is 13.2 Å². The van der Waals surface area contributed by atoms with E-state index >= 15 is 0 Å². The standard InChI is InChI=1S/C13H27F3N2/c1-10(2)17-7-12(5,6)8-18(11(3)4)9-13(14,15)16/h10-11,17H,7-9H2,1-6H3. The third-order valence-corrected chi connectivity index (χ3v) is 2.73. The molecule has 0 aromatic carbocycles. The molecule has 0 saturated heterocycles. The number of halogens is 3. The number of nitrogens with zero attached hydrogens (tertiary/aromatic N) is 1. The summed E-state index contributed by atoms with van der Waals surface area (Å²) in [5.41, 5.74) is -0.181. The predicted octanol–water partition coefficient (Wildman–Crippen LogP) is 3.28. The lowest BCUT2D eigenvalue weighted by atomic mass is 9.91. The smallest absolute Gasteiger partial charge is 0.314 e. The van der Waals surface area contributed by atoms with Crippen LogP contribution in [0.5, 0.6) is 0 Å². The van der Waals surface area contributed by atoms with Gasteiger partial charge in [-0.05, 0) is 19.3 Å². The Morgan fingerprint density at radius 2 is 1.50 bits per heavy atom. The summed E-state index contributed by atoms with van der Waals surface area (Å²) in [5.74, 6) is 0. The molecular weight excluding hydrogens is 241 g/mol. The normalized spacial score (nSPS) is 14.0. The van der Waals surface area contributed by atoms with Crippen LogP contribution in [0.25, 0.3) is 0 Å². The van der Waals surface area contributed by atoms with Crippen LogP contribution < -0.4 is 5.32 Å². The van der Waals surface area contributed by atoms with Gasteiger partial charge in [0, 0.05) is 25.2 Å². The lowest BCUT2D eigenvalue weighted by molar-refractivity contribution is -0.152. The van der Waals surface area contributed by atoms with Crippen molar-refractivity contribution in [2.75, 3.05) is 19.6 Å². The molecule has 0 rings (SSSR count). The van der Waals surface area contributed by atoms with E-state index in [0.717, 1.165) is 0 Å². The fourth-order valence-electron chi connectivity index (χ4n) is 1.74. The van der Waals surface area contributed by atoms with Gasteiger partial charge in [0.05, 0.1) is 6.54 Å². The zero-order valence-corrected chi connectivity index (χ0v) is 12.4. The maximum absolute atomic E-state index is 12.5.